The monoisotopic (exact) mass is 888 g/mol. The second-order valence-electron chi connectivity index (χ2n) is 16.1. The molecule has 11 nitrogen and oxygen atoms in total. The van der Waals surface area contributed by atoms with Crippen LogP contribution in [0, 0.1) is 0 Å². The smallest absolute Gasteiger partial charge is 0.306 e. The molecule has 0 amide bonds. The number of aliphatic hydroxyl groups excluding tert-OH is 2. The number of ether oxygens (including phenoxy) is 2. The van der Waals surface area contributed by atoms with Crippen molar-refractivity contribution in [2.24, 2.45) is 0 Å². The second-order valence-corrected chi connectivity index (χ2v) is 17.5. The van der Waals surface area contributed by atoms with Crippen LogP contribution in [-0.2, 0) is 32.7 Å². The molecule has 0 saturated carbocycles. The lowest BCUT2D eigenvalue weighted by Gasteiger charge is -2.28. The van der Waals surface area contributed by atoms with Crippen molar-refractivity contribution in [2.45, 2.75) is 148 Å². The van der Waals surface area contributed by atoms with Gasteiger partial charge in [-0.25, -0.2) is 0 Å². The molecule has 0 heterocycles. The lowest BCUT2D eigenvalue weighted by molar-refractivity contribution is -0.870. The Labute approximate surface area is 375 Å². The van der Waals surface area contributed by atoms with E-state index in [-0.39, 0.29) is 26.1 Å². The molecule has 62 heavy (non-hydrogen) atoms. The van der Waals surface area contributed by atoms with Gasteiger partial charge in [0.15, 0.2) is 6.10 Å². The Morgan fingerprint density at radius 1 is 0.629 bits per heavy atom. The number of hydrogen-bond acceptors (Lipinski definition) is 10. The summed E-state index contributed by atoms with van der Waals surface area (Å²) in [7, 11) is 0.989. The van der Waals surface area contributed by atoms with Crippen molar-refractivity contribution in [2.75, 3.05) is 47.5 Å². The molecule has 352 valence electrons. The van der Waals surface area contributed by atoms with Crippen LogP contribution in [0.4, 0.5) is 0 Å². The molecule has 0 aromatic carbocycles. The van der Waals surface area contributed by atoms with Crippen molar-refractivity contribution >= 4 is 19.8 Å². The van der Waals surface area contributed by atoms with Crippen LogP contribution >= 0.6 is 7.82 Å². The number of carbonyl (C=O) groups excluding carboxylic acids is 2. The highest BCUT2D eigenvalue weighted by atomic mass is 31.2. The van der Waals surface area contributed by atoms with E-state index in [1.807, 2.05) is 69.8 Å². The number of carbonyl (C=O) groups is 2. The number of rotatable bonds is 39. The van der Waals surface area contributed by atoms with Gasteiger partial charge in [0.25, 0.3) is 7.82 Å². The number of allylic oxidation sites excluding steroid dienone is 14. The fraction of sp³-hybridized carbons (Fsp3) is 0.600. The normalized spacial score (nSPS) is 15.5. The van der Waals surface area contributed by atoms with Gasteiger partial charge in [-0.05, 0) is 70.6 Å². The first-order valence-corrected chi connectivity index (χ1v) is 24.3. The van der Waals surface area contributed by atoms with Crippen LogP contribution in [0.3, 0.4) is 0 Å². The summed E-state index contributed by atoms with van der Waals surface area (Å²) >= 11 is 0. The molecule has 12 heteroatoms. The zero-order chi connectivity index (χ0) is 46.0. The summed E-state index contributed by atoms with van der Waals surface area (Å²) in [6.45, 7) is 3.71. The zero-order valence-electron chi connectivity index (χ0n) is 38.7. The van der Waals surface area contributed by atoms with Crippen molar-refractivity contribution in [1.29, 1.82) is 0 Å². The minimum absolute atomic E-state index is 0.0214. The van der Waals surface area contributed by atoms with E-state index in [2.05, 4.69) is 44.2 Å². The molecular weight excluding hydrogens is 806 g/mol. The largest absolute Gasteiger partial charge is 0.756 e. The van der Waals surface area contributed by atoms with Crippen LogP contribution < -0.4 is 4.89 Å². The number of unbranched alkanes of at least 4 members (excludes halogenated alkanes) is 8. The summed E-state index contributed by atoms with van der Waals surface area (Å²) in [5, 5.41) is 20.1. The summed E-state index contributed by atoms with van der Waals surface area (Å²) in [6, 6.07) is 0. The third kappa shape index (κ3) is 43.2. The predicted octanol–water partition coefficient (Wildman–Crippen LogP) is 10.4. The lowest BCUT2D eigenvalue weighted by Crippen LogP contribution is -2.37. The van der Waals surface area contributed by atoms with Crippen molar-refractivity contribution in [1.82, 2.24) is 0 Å². The summed E-state index contributed by atoms with van der Waals surface area (Å²) in [4.78, 5) is 37.6. The number of esters is 2. The maximum absolute atomic E-state index is 12.7. The van der Waals surface area contributed by atoms with Crippen LogP contribution in [0.1, 0.15) is 129 Å². The van der Waals surface area contributed by atoms with Crippen LogP contribution in [0.2, 0.25) is 0 Å². The van der Waals surface area contributed by atoms with E-state index < -0.39 is 44.7 Å². The standard InChI is InChI=1S/C50H82NO10P/c1-6-8-10-11-12-13-14-15-16-17-18-19-20-21-25-28-34-40-49(54)58-44-48(45-60-62(56,57)59-43-42-51(3,4)5)61-50(55)41-35-29-33-39-47(53)38-32-27-24-22-23-26-31-37-46(52)36-30-9-7-2/h9,15-16,18-19,21,23-27,30-33,37-39,46-48,52-53H,6-8,10-14,17,20,22,28-29,34-36,40-45H2,1-5H3/b16-15-,19-18-,25-21-,26-23-,27-24-,30-9-,37-31+,38-32+,39-33-/t46-,47-,48+/m0/s1. The molecular formula is C50H82NO10P. The Kier molecular flexibility index (Phi) is 38.1. The van der Waals surface area contributed by atoms with E-state index in [4.69, 9.17) is 18.5 Å². The molecule has 0 bridgehead atoms. The SMILES string of the molecule is CC/C=C\C[C@H](O)/C=C/C=C\C/C=C\C=C\[C@H](O)/C=C\CCCC(=O)O[C@H](COC(=O)CCC/C=C\C/C=C\C/C=C\CCCCCCCC)COP(=O)([O-])OCC[N+](C)(C)C. The van der Waals surface area contributed by atoms with Crippen molar-refractivity contribution in [3.63, 3.8) is 0 Å². The number of phosphoric acid groups is 1. The van der Waals surface area contributed by atoms with Gasteiger partial charge in [-0.2, -0.15) is 0 Å². The van der Waals surface area contributed by atoms with Gasteiger partial charge in [-0.1, -0.05) is 155 Å². The molecule has 0 aliphatic carbocycles. The van der Waals surface area contributed by atoms with Crippen molar-refractivity contribution in [3.8, 4) is 0 Å². The van der Waals surface area contributed by atoms with Crippen molar-refractivity contribution in [3.05, 3.63) is 109 Å². The molecule has 0 spiro atoms. The van der Waals surface area contributed by atoms with Crippen LogP contribution in [0.25, 0.3) is 0 Å². The number of quaternary nitrogens is 1. The minimum atomic E-state index is -4.70. The molecule has 0 radical (unpaired) electrons. The van der Waals surface area contributed by atoms with E-state index in [0.717, 1.165) is 25.7 Å². The Bertz CT molecular complexity index is 1450. The quantitative estimate of drug-likeness (QED) is 0.0152. The predicted molar refractivity (Wildman–Crippen MR) is 252 cm³/mol. The molecule has 0 saturated heterocycles. The number of likely N-dealkylation sites (N-methyl/N-ethyl adjacent to an activating group) is 1. The number of phosphoric ester groups is 1. The Morgan fingerprint density at radius 3 is 1.87 bits per heavy atom. The van der Waals surface area contributed by atoms with E-state index in [0.29, 0.717) is 49.6 Å². The first-order chi connectivity index (χ1) is 29.8. The highest BCUT2D eigenvalue weighted by Gasteiger charge is 2.21. The molecule has 0 rings (SSSR count). The first kappa shape index (κ1) is 58.6. The van der Waals surface area contributed by atoms with E-state index in [9.17, 15) is 29.3 Å². The zero-order valence-corrected chi connectivity index (χ0v) is 39.6. The minimum Gasteiger partial charge on any atom is -0.756 e. The van der Waals surface area contributed by atoms with E-state index in [1.54, 1.807) is 30.4 Å². The van der Waals surface area contributed by atoms with Gasteiger partial charge in [0, 0.05) is 12.8 Å². The van der Waals surface area contributed by atoms with Gasteiger partial charge in [0.1, 0.15) is 19.8 Å². The fourth-order valence-electron chi connectivity index (χ4n) is 5.35. The number of hydrogen-bond donors (Lipinski definition) is 2. The molecule has 0 aliphatic heterocycles. The third-order valence-electron chi connectivity index (χ3n) is 8.95. The third-order valence-corrected chi connectivity index (χ3v) is 9.92. The topological polar surface area (TPSA) is 152 Å². The molecule has 2 N–H and O–H groups in total. The van der Waals surface area contributed by atoms with Gasteiger partial charge in [-0.3, -0.25) is 14.2 Å². The molecule has 0 aromatic heterocycles. The van der Waals surface area contributed by atoms with Gasteiger partial charge in [0.2, 0.25) is 0 Å². The average Bonchev–Trinajstić information content (AvgIpc) is 3.21. The Hall–Kier alpha value is -3.41. The van der Waals surface area contributed by atoms with Gasteiger partial charge in [-0.15, -0.1) is 0 Å². The molecule has 4 atom stereocenters. The maximum Gasteiger partial charge on any atom is 0.306 e. The summed E-state index contributed by atoms with van der Waals surface area (Å²) in [6.07, 6.45) is 47.8. The Balaban J connectivity index is 4.70. The van der Waals surface area contributed by atoms with Gasteiger partial charge in [0.05, 0.1) is 40.0 Å². The summed E-state index contributed by atoms with van der Waals surface area (Å²) in [5.41, 5.74) is 0. The van der Waals surface area contributed by atoms with Crippen molar-refractivity contribution < 1.29 is 52.3 Å². The van der Waals surface area contributed by atoms with Gasteiger partial charge >= 0.3 is 11.9 Å². The lowest BCUT2D eigenvalue weighted by atomic mass is 10.1. The highest BCUT2D eigenvalue weighted by Crippen LogP contribution is 2.38. The van der Waals surface area contributed by atoms with Crippen LogP contribution in [0.5, 0.6) is 0 Å². The Morgan fingerprint density at radius 2 is 1.21 bits per heavy atom. The molecule has 0 aliphatic rings. The second kappa shape index (κ2) is 40.4. The van der Waals surface area contributed by atoms with E-state index in [1.165, 1.54) is 38.5 Å². The van der Waals surface area contributed by atoms with Gasteiger partial charge < -0.3 is 38.1 Å². The molecule has 0 fully saturated rings. The van der Waals surface area contributed by atoms with Crippen LogP contribution in [-0.4, -0.2) is 92.5 Å². The van der Waals surface area contributed by atoms with E-state index >= 15 is 0 Å². The van der Waals surface area contributed by atoms with Crippen LogP contribution in [0.15, 0.2) is 109 Å². The fourth-order valence-corrected chi connectivity index (χ4v) is 6.08. The average molecular weight is 888 g/mol. The first-order valence-electron chi connectivity index (χ1n) is 22.8. The summed E-state index contributed by atoms with van der Waals surface area (Å²) in [5.74, 6) is -1.09. The molecule has 1 unspecified atom stereocenters. The number of nitrogens with zero attached hydrogens (tertiary/aromatic N) is 1. The highest BCUT2D eigenvalue weighted by molar-refractivity contribution is 7.45. The molecule has 0 aromatic rings. The summed E-state index contributed by atoms with van der Waals surface area (Å²) < 4.78 is 33.7. The number of aliphatic hydroxyl groups is 2. The maximum atomic E-state index is 12.7.